The number of aromatic nitrogens is 1. The monoisotopic (exact) mass is 346 g/mol. The molecule has 1 aliphatic rings. The fourth-order valence-electron chi connectivity index (χ4n) is 2.88. The molecule has 1 unspecified atom stereocenters. The summed E-state index contributed by atoms with van der Waals surface area (Å²) in [4.78, 5) is 14.5. The number of nitrogens with zero attached hydrogens (tertiary/aromatic N) is 2. The Morgan fingerprint density at radius 1 is 1.20 bits per heavy atom. The molecule has 6 nitrogen and oxygen atoms in total. The van der Waals surface area contributed by atoms with E-state index >= 15 is 0 Å². The Morgan fingerprint density at radius 2 is 1.92 bits per heavy atom. The fourth-order valence-corrected chi connectivity index (χ4v) is 2.88. The summed E-state index contributed by atoms with van der Waals surface area (Å²) < 4.78 is 18.4. The van der Waals surface area contributed by atoms with Crippen molar-refractivity contribution in [3.63, 3.8) is 0 Å². The topological polar surface area (TPSA) is 52.9 Å². The molecule has 0 saturated carbocycles. The lowest BCUT2D eigenvalue weighted by Gasteiger charge is -2.32. The molecule has 6 heteroatoms. The maximum atomic E-state index is 12.3. The summed E-state index contributed by atoms with van der Waals surface area (Å²) in [7, 11) is 0. The van der Waals surface area contributed by atoms with Gasteiger partial charge in [0.05, 0.1) is 18.7 Å². The highest BCUT2D eigenvalue weighted by Crippen LogP contribution is 2.24. The average molecular weight is 346 g/mol. The minimum Gasteiger partial charge on any atom is -0.475 e. The van der Waals surface area contributed by atoms with Crippen LogP contribution in [-0.4, -0.2) is 53.7 Å². The molecule has 0 bridgehead atoms. The molecule has 0 amide bonds. The number of carbonyl (C=O) groups excluding carboxylic acids is 1. The van der Waals surface area contributed by atoms with E-state index in [1.54, 1.807) is 6.20 Å². The van der Waals surface area contributed by atoms with E-state index in [9.17, 15) is 4.79 Å². The van der Waals surface area contributed by atoms with Gasteiger partial charge in [-0.05, 0) is 52.0 Å². The maximum absolute atomic E-state index is 12.3. The highest BCUT2D eigenvalue weighted by atomic mass is 16.6. The molecule has 3 rings (SSSR count). The molecule has 0 aliphatic carbocycles. The molecule has 1 aliphatic heterocycles. The van der Waals surface area contributed by atoms with Crippen molar-refractivity contribution in [2.45, 2.75) is 39.5 Å². The van der Waals surface area contributed by atoms with Gasteiger partial charge in [-0.2, -0.15) is 0 Å². The van der Waals surface area contributed by atoms with Crippen LogP contribution in [0.15, 0.2) is 30.5 Å². The van der Waals surface area contributed by atoms with Crippen molar-refractivity contribution in [2.24, 2.45) is 0 Å². The molecule has 2 heterocycles. The summed E-state index contributed by atoms with van der Waals surface area (Å²) in [6, 6.07) is 7.62. The number of benzene rings is 1. The fraction of sp³-hybridized carbons (Fsp3) is 0.526. The zero-order valence-corrected chi connectivity index (χ0v) is 15.3. The predicted molar refractivity (Wildman–Crippen MR) is 96.1 cm³/mol. The van der Waals surface area contributed by atoms with Crippen molar-refractivity contribution in [2.75, 3.05) is 26.3 Å². The second-order valence-electron chi connectivity index (χ2n) is 7.25. The largest absolute Gasteiger partial charge is 0.475 e. The standard InChI is InChI=1S/C19H26N2O4/c1-14(20-9-11-23-12-10-20)24-16-5-6-17-15(13-16)7-8-21(17)18(22)25-19(2,3)4/h5-8,13-14H,9-12H2,1-4H3. The number of fused-ring (bicyclic) bond motifs is 1. The molecule has 25 heavy (non-hydrogen) atoms. The van der Waals surface area contributed by atoms with Crippen molar-refractivity contribution in [3.8, 4) is 5.75 Å². The predicted octanol–water partition coefficient (Wildman–Crippen LogP) is 3.48. The molecule has 1 aromatic carbocycles. The zero-order chi connectivity index (χ0) is 18.0. The lowest BCUT2D eigenvalue weighted by Crippen LogP contribution is -2.44. The van der Waals surface area contributed by atoms with Crippen molar-refractivity contribution in [3.05, 3.63) is 30.5 Å². The summed E-state index contributed by atoms with van der Waals surface area (Å²) in [5.41, 5.74) is 0.283. The summed E-state index contributed by atoms with van der Waals surface area (Å²) in [5, 5.41) is 0.942. The number of hydrogen-bond donors (Lipinski definition) is 0. The number of morpholine rings is 1. The highest BCUT2D eigenvalue weighted by molar-refractivity contribution is 5.90. The summed E-state index contributed by atoms with van der Waals surface area (Å²) >= 11 is 0. The first-order chi connectivity index (χ1) is 11.8. The molecule has 0 radical (unpaired) electrons. The van der Waals surface area contributed by atoms with Gasteiger partial charge in [-0.1, -0.05) is 0 Å². The van der Waals surface area contributed by atoms with Crippen LogP contribution in [0.4, 0.5) is 4.79 Å². The summed E-state index contributed by atoms with van der Waals surface area (Å²) in [5.74, 6) is 0.786. The van der Waals surface area contributed by atoms with Crippen molar-refractivity contribution in [1.82, 2.24) is 9.47 Å². The Hall–Kier alpha value is -2.05. The lowest BCUT2D eigenvalue weighted by atomic mass is 10.2. The molecule has 1 aromatic heterocycles. The Morgan fingerprint density at radius 3 is 2.60 bits per heavy atom. The van der Waals surface area contributed by atoms with Gasteiger partial charge >= 0.3 is 6.09 Å². The van der Waals surface area contributed by atoms with Crippen LogP contribution in [0, 0.1) is 0 Å². The highest BCUT2D eigenvalue weighted by Gasteiger charge is 2.20. The van der Waals surface area contributed by atoms with E-state index in [0.29, 0.717) is 0 Å². The number of rotatable bonds is 3. The second kappa shape index (κ2) is 7.06. The van der Waals surface area contributed by atoms with Gasteiger partial charge in [-0.25, -0.2) is 4.79 Å². The minimum atomic E-state index is -0.523. The molecular formula is C19H26N2O4. The smallest absolute Gasteiger partial charge is 0.418 e. The van der Waals surface area contributed by atoms with Crippen LogP contribution in [0.3, 0.4) is 0 Å². The molecule has 2 aromatic rings. The van der Waals surface area contributed by atoms with Gasteiger partial charge in [0.15, 0.2) is 0 Å². The Kier molecular flexibility index (Phi) is 5.01. The van der Waals surface area contributed by atoms with Crippen LogP contribution in [-0.2, 0) is 9.47 Å². The molecule has 1 atom stereocenters. The van der Waals surface area contributed by atoms with Gasteiger partial charge in [0.25, 0.3) is 0 Å². The first-order valence-electron chi connectivity index (χ1n) is 8.66. The summed E-state index contributed by atoms with van der Waals surface area (Å²) in [6.45, 7) is 10.8. The summed E-state index contributed by atoms with van der Waals surface area (Å²) in [6.07, 6.45) is 1.33. The van der Waals surface area contributed by atoms with E-state index in [4.69, 9.17) is 14.2 Å². The van der Waals surface area contributed by atoms with Crippen LogP contribution in [0.5, 0.6) is 5.75 Å². The third kappa shape index (κ3) is 4.32. The third-order valence-corrected chi connectivity index (χ3v) is 4.12. The van der Waals surface area contributed by atoms with Gasteiger partial charge in [0, 0.05) is 24.7 Å². The molecule has 1 saturated heterocycles. The number of carbonyl (C=O) groups is 1. The van der Waals surface area contributed by atoms with E-state index in [1.807, 2.05) is 52.0 Å². The van der Waals surface area contributed by atoms with Gasteiger partial charge in [-0.15, -0.1) is 0 Å². The van der Waals surface area contributed by atoms with Crippen molar-refractivity contribution >= 4 is 17.0 Å². The van der Waals surface area contributed by atoms with Gasteiger partial charge < -0.3 is 14.2 Å². The molecule has 1 fully saturated rings. The normalized spacial score (nSPS) is 17.4. The lowest BCUT2D eigenvalue weighted by molar-refractivity contribution is -0.0372. The number of hydrogen-bond acceptors (Lipinski definition) is 5. The molecule has 0 N–H and O–H groups in total. The van der Waals surface area contributed by atoms with Gasteiger partial charge in [0.2, 0.25) is 0 Å². The Bertz CT molecular complexity index is 741. The van der Waals surface area contributed by atoms with Crippen molar-refractivity contribution < 1.29 is 19.0 Å². The van der Waals surface area contributed by atoms with Crippen LogP contribution in [0.1, 0.15) is 27.7 Å². The molecule has 0 spiro atoms. The van der Waals surface area contributed by atoms with Gasteiger partial charge in [0.1, 0.15) is 17.6 Å². The minimum absolute atomic E-state index is 0.0192. The quantitative estimate of drug-likeness (QED) is 0.852. The van der Waals surface area contributed by atoms with E-state index in [-0.39, 0.29) is 12.3 Å². The van der Waals surface area contributed by atoms with Crippen LogP contribution in [0.25, 0.3) is 10.9 Å². The van der Waals surface area contributed by atoms with Crippen LogP contribution >= 0.6 is 0 Å². The Balaban J connectivity index is 1.74. The first kappa shape index (κ1) is 17.8. The second-order valence-corrected chi connectivity index (χ2v) is 7.25. The van der Waals surface area contributed by atoms with Crippen LogP contribution in [0.2, 0.25) is 0 Å². The third-order valence-electron chi connectivity index (χ3n) is 4.12. The first-order valence-corrected chi connectivity index (χ1v) is 8.66. The van der Waals surface area contributed by atoms with Crippen molar-refractivity contribution in [1.29, 1.82) is 0 Å². The van der Waals surface area contributed by atoms with Crippen LogP contribution < -0.4 is 4.74 Å². The average Bonchev–Trinajstić information content (AvgIpc) is 2.97. The maximum Gasteiger partial charge on any atom is 0.418 e. The molecule has 136 valence electrons. The number of ether oxygens (including phenoxy) is 3. The van der Waals surface area contributed by atoms with E-state index in [1.165, 1.54) is 4.57 Å². The Labute approximate surface area is 148 Å². The molecular weight excluding hydrogens is 320 g/mol. The van der Waals surface area contributed by atoms with E-state index in [0.717, 1.165) is 43.0 Å². The van der Waals surface area contributed by atoms with E-state index in [2.05, 4.69) is 4.90 Å². The van der Waals surface area contributed by atoms with E-state index < -0.39 is 5.60 Å². The zero-order valence-electron chi connectivity index (χ0n) is 15.3. The van der Waals surface area contributed by atoms with Gasteiger partial charge in [-0.3, -0.25) is 9.47 Å². The SMILES string of the molecule is CC(Oc1ccc2c(ccn2C(=O)OC(C)(C)C)c1)N1CCOCC1.